The highest BCUT2D eigenvalue weighted by atomic mass is 16.5. The molecule has 1 aromatic heterocycles. The number of para-hydroxylation sites is 1. The molecule has 1 aromatic carbocycles. The molecular formula is C17H18N2O2. The highest BCUT2D eigenvalue weighted by molar-refractivity contribution is 5.68. The zero-order valence-corrected chi connectivity index (χ0v) is 12.3. The smallest absolute Gasteiger partial charge is 0.254 e. The molecule has 0 amide bonds. The summed E-state index contributed by atoms with van der Waals surface area (Å²) in [5.74, 6) is 1.50. The predicted molar refractivity (Wildman–Crippen MR) is 80.7 cm³/mol. The van der Waals surface area contributed by atoms with E-state index in [1.165, 1.54) is 5.56 Å². The van der Waals surface area contributed by atoms with Gasteiger partial charge in [0.05, 0.1) is 11.3 Å². The van der Waals surface area contributed by atoms with E-state index in [1.807, 2.05) is 12.1 Å². The summed E-state index contributed by atoms with van der Waals surface area (Å²) in [6.45, 7) is 4.16. The van der Waals surface area contributed by atoms with Crippen LogP contribution in [-0.4, -0.2) is 15.6 Å². The summed E-state index contributed by atoms with van der Waals surface area (Å²) in [6.07, 6.45) is 3.64. The van der Waals surface area contributed by atoms with Gasteiger partial charge in [0.25, 0.3) is 5.56 Å². The van der Waals surface area contributed by atoms with E-state index in [2.05, 4.69) is 29.9 Å². The number of hydrogen-bond donors (Lipinski definition) is 1. The lowest BCUT2D eigenvalue weighted by Gasteiger charge is -2.18. The van der Waals surface area contributed by atoms with Gasteiger partial charge in [-0.05, 0) is 44.7 Å². The van der Waals surface area contributed by atoms with E-state index in [9.17, 15) is 4.79 Å². The first-order valence-electron chi connectivity index (χ1n) is 7.47. The van der Waals surface area contributed by atoms with E-state index in [0.29, 0.717) is 5.82 Å². The van der Waals surface area contributed by atoms with Crippen LogP contribution < -0.4 is 10.3 Å². The SMILES string of the molecule is CC1(C)Cc2cccc(-c3nc4c(c(=O)[nH]3)CCC4)c2O1. The van der Waals surface area contributed by atoms with Gasteiger partial charge in [0.15, 0.2) is 0 Å². The van der Waals surface area contributed by atoms with Gasteiger partial charge in [-0.25, -0.2) is 4.98 Å². The van der Waals surface area contributed by atoms with Crippen LogP contribution in [0.4, 0.5) is 0 Å². The molecule has 1 aliphatic heterocycles. The number of aromatic nitrogens is 2. The molecule has 2 aromatic rings. The quantitative estimate of drug-likeness (QED) is 0.874. The molecule has 0 radical (unpaired) electrons. The first-order valence-corrected chi connectivity index (χ1v) is 7.47. The summed E-state index contributed by atoms with van der Waals surface area (Å²) in [6, 6.07) is 6.06. The second-order valence-electron chi connectivity index (χ2n) is 6.53. The molecule has 4 heteroatoms. The number of rotatable bonds is 1. The number of aromatic amines is 1. The Bertz CT molecular complexity index is 790. The van der Waals surface area contributed by atoms with Crippen molar-refractivity contribution < 1.29 is 4.74 Å². The average Bonchev–Trinajstić information content (AvgIpc) is 3.00. The largest absolute Gasteiger partial charge is 0.486 e. The zero-order chi connectivity index (χ0) is 14.6. The van der Waals surface area contributed by atoms with Gasteiger partial charge in [-0.15, -0.1) is 0 Å². The molecule has 0 fully saturated rings. The van der Waals surface area contributed by atoms with Gasteiger partial charge >= 0.3 is 0 Å². The van der Waals surface area contributed by atoms with Crippen molar-refractivity contribution in [3.8, 4) is 17.1 Å². The van der Waals surface area contributed by atoms with E-state index < -0.39 is 0 Å². The Morgan fingerprint density at radius 2 is 2.14 bits per heavy atom. The molecule has 2 heterocycles. The topological polar surface area (TPSA) is 55.0 Å². The molecular weight excluding hydrogens is 264 g/mol. The number of hydrogen-bond acceptors (Lipinski definition) is 3. The number of ether oxygens (including phenoxy) is 1. The predicted octanol–water partition coefficient (Wildman–Crippen LogP) is 2.64. The highest BCUT2D eigenvalue weighted by Crippen LogP contribution is 2.41. The van der Waals surface area contributed by atoms with Gasteiger partial charge in [-0.2, -0.15) is 0 Å². The van der Waals surface area contributed by atoms with Gasteiger partial charge in [0, 0.05) is 12.0 Å². The number of nitrogens with one attached hydrogen (secondary N) is 1. The second-order valence-corrected chi connectivity index (χ2v) is 6.53. The maximum atomic E-state index is 12.2. The molecule has 0 saturated carbocycles. The maximum Gasteiger partial charge on any atom is 0.254 e. The minimum Gasteiger partial charge on any atom is -0.486 e. The molecule has 4 nitrogen and oxygen atoms in total. The first kappa shape index (κ1) is 12.6. The summed E-state index contributed by atoms with van der Waals surface area (Å²) < 4.78 is 6.08. The molecule has 1 aliphatic carbocycles. The summed E-state index contributed by atoms with van der Waals surface area (Å²) in [7, 11) is 0. The van der Waals surface area contributed by atoms with Gasteiger partial charge in [0.2, 0.25) is 0 Å². The van der Waals surface area contributed by atoms with E-state index in [0.717, 1.165) is 48.3 Å². The number of H-pyrrole nitrogens is 1. The van der Waals surface area contributed by atoms with Crippen LogP contribution in [0.2, 0.25) is 0 Å². The van der Waals surface area contributed by atoms with E-state index in [-0.39, 0.29) is 11.2 Å². The Morgan fingerprint density at radius 3 is 3.00 bits per heavy atom. The lowest BCUT2D eigenvalue weighted by Crippen LogP contribution is -2.24. The van der Waals surface area contributed by atoms with Gasteiger partial charge in [-0.3, -0.25) is 4.79 Å². The van der Waals surface area contributed by atoms with Crippen LogP contribution in [0.15, 0.2) is 23.0 Å². The molecule has 0 bridgehead atoms. The van der Waals surface area contributed by atoms with Crippen molar-refractivity contribution in [2.75, 3.05) is 0 Å². The van der Waals surface area contributed by atoms with Crippen LogP contribution in [0.1, 0.15) is 37.1 Å². The summed E-state index contributed by atoms with van der Waals surface area (Å²) >= 11 is 0. The first-order chi connectivity index (χ1) is 10.0. The number of aryl methyl sites for hydroxylation is 1. The fourth-order valence-electron chi connectivity index (χ4n) is 3.37. The van der Waals surface area contributed by atoms with Crippen LogP contribution in [0.25, 0.3) is 11.4 Å². The second kappa shape index (κ2) is 4.20. The average molecular weight is 282 g/mol. The van der Waals surface area contributed by atoms with E-state index >= 15 is 0 Å². The van der Waals surface area contributed by atoms with Crippen LogP contribution in [0.3, 0.4) is 0 Å². The minimum absolute atomic E-state index is 0.00219. The Kier molecular flexibility index (Phi) is 2.52. The maximum absolute atomic E-state index is 12.2. The number of nitrogens with zero attached hydrogens (tertiary/aromatic N) is 1. The van der Waals surface area contributed by atoms with Gasteiger partial charge in [-0.1, -0.05) is 12.1 Å². The summed E-state index contributed by atoms with van der Waals surface area (Å²) in [5, 5.41) is 0. The fourth-order valence-corrected chi connectivity index (χ4v) is 3.37. The standard InChI is InChI=1S/C17H18N2O2/c1-17(2)9-10-5-3-7-12(14(10)21-17)15-18-13-8-4-6-11(13)16(20)19-15/h3,5,7H,4,6,8-9H2,1-2H3,(H,18,19,20). The summed E-state index contributed by atoms with van der Waals surface area (Å²) in [5.41, 5.74) is 3.68. The van der Waals surface area contributed by atoms with Crippen molar-refractivity contribution in [2.24, 2.45) is 0 Å². The Morgan fingerprint density at radius 1 is 1.29 bits per heavy atom. The third-order valence-corrected chi connectivity index (χ3v) is 4.29. The molecule has 4 rings (SSSR count). The van der Waals surface area contributed by atoms with Crippen molar-refractivity contribution in [1.82, 2.24) is 9.97 Å². The van der Waals surface area contributed by atoms with Crippen molar-refractivity contribution >= 4 is 0 Å². The van der Waals surface area contributed by atoms with Crippen molar-refractivity contribution in [3.05, 3.63) is 45.4 Å². The molecule has 2 aliphatic rings. The number of benzene rings is 1. The van der Waals surface area contributed by atoms with Crippen LogP contribution in [0.5, 0.6) is 5.75 Å². The fraction of sp³-hybridized carbons (Fsp3) is 0.412. The Hall–Kier alpha value is -2.10. The van der Waals surface area contributed by atoms with Gasteiger partial charge < -0.3 is 9.72 Å². The van der Waals surface area contributed by atoms with Crippen LogP contribution >= 0.6 is 0 Å². The molecule has 108 valence electrons. The Balaban J connectivity index is 1.88. The minimum atomic E-state index is -0.199. The lowest BCUT2D eigenvalue weighted by molar-refractivity contribution is 0.139. The van der Waals surface area contributed by atoms with E-state index in [1.54, 1.807) is 0 Å². The normalized spacial score (nSPS) is 18.2. The number of fused-ring (bicyclic) bond motifs is 2. The van der Waals surface area contributed by atoms with Crippen molar-refractivity contribution in [1.29, 1.82) is 0 Å². The van der Waals surface area contributed by atoms with Crippen molar-refractivity contribution in [2.45, 2.75) is 45.1 Å². The molecule has 0 saturated heterocycles. The molecule has 0 atom stereocenters. The third-order valence-electron chi connectivity index (χ3n) is 4.29. The molecule has 1 N–H and O–H groups in total. The molecule has 0 unspecified atom stereocenters. The monoisotopic (exact) mass is 282 g/mol. The van der Waals surface area contributed by atoms with Gasteiger partial charge in [0.1, 0.15) is 17.2 Å². The van der Waals surface area contributed by atoms with Crippen LogP contribution in [-0.2, 0) is 19.3 Å². The van der Waals surface area contributed by atoms with Crippen molar-refractivity contribution in [3.63, 3.8) is 0 Å². The lowest BCUT2D eigenvalue weighted by atomic mass is 10.0. The third kappa shape index (κ3) is 1.97. The summed E-state index contributed by atoms with van der Waals surface area (Å²) in [4.78, 5) is 19.8. The molecule has 21 heavy (non-hydrogen) atoms. The highest BCUT2D eigenvalue weighted by Gasteiger charge is 2.32. The Labute approximate surface area is 123 Å². The zero-order valence-electron chi connectivity index (χ0n) is 12.3. The molecule has 0 spiro atoms. The van der Waals surface area contributed by atoms with Crippen LogP contribution in [0, 0.1) is 0 Å². The van der Waals surface area contributed by atoms with E-state index in [4.69, 9.17) is 4.74 Å².